The minimum Gasteiger partial charge on any atom is -1.00 e. The topological polar surface area (TPSA) is 3.24 Å². The molecule has 2 nitrogen and oxygen atoms in total. The molecule has 0 aromatic heterocycles. The number of quaternary nitrogens is 1. The lowest BCUT2D eigenvalue weighted by molar-refractivity contribution is -0.892. The molecule has 0 N–H and O–H groups in total. The zero-order valence-electron chi connectivity index (χ0n) is 14.6. The molecule has 0 aliphatic carbocycles. The molecule has 0 saturated carbocycles. The highest BCUT2D eigenvalue weighted by Gasteiger charge is 2.25. The molecule has 124 valence electrons. The Kier molecular flexibility index (Phi) is 5.74. The molecular weight excluding hydrogens is 395 g/mol. The van der Waals surface area contributed by atoms with Gasteiger partial charge in [0.1, 0.15) is 6.04 Å². The van der Waals surface area contributed by atoms with Crippen LogP contribution in [0.1, 0.15) is 23.6 Å². The molecule has 0 saturated heterocycles. The van der Waals surface area contributed by atoms with Gasteiger partial charge in [-0.3, -0.25) is 0 Å². The van der Waals surface area contributed by atoms with Crippen LogP contribution in [0.5, 0.6) is 0 Å². The Bertz CT molecular complexity index is 661. The number of likely N-dealkylation sites (N-methyl/N-ethyl adjacent to an activating group) is 1. The number of benzene rings is 2. The normalized spacial score (nSPS) is 15.0. The van der Waals surface area contributed by atoms with E-state index in [2.05, 4.69) is 81.5 Å². The van der Waals surface area contributed by atoms with Crippen molar-refractivity contribution >= 4 is 5.69 Å². The summed E-state index contributed by atoms with van der Waals surface area (Å²) in [6.07, 6.45) is 1.04. The van der Waals surface area contributed by atoms with Crippen LogP contribution in [0, 0.1) is 0 Å². The minimum absolute atomic E-state index is 0. The highest BCUT2D eigenvalue weighted by molar-refractivity contribution is 5.58. The van der Waals surface area contributed by atoms with Crippen LogP contribution in [0.3, 0.4) is 0 Å². The van der Waals surface area contributed by atoms with E-state index in [1.165, 1.54) is 22.4 Å². The lowest BCUT2D eigenvalue weighted by Crippen LogP contribution is -3.00. The highest BCUT2D eigenvalue weighted by Crippen LogP contribution is 2.30. The van der Waals surface area contributed by atoms with Crippen molar-refractivity contribution in [2.45, 2.75) is 25.9 Å². The zero-order chi connectivity index (χ0) is 15.7. The van der Waals surface area contributed by atoms with Gasteiger partial charge >= 0.3 is 0 Å². The Morgan fingerprint density at radius 2 is 1.48 bits per heavy atom. The number of fused-ring (bicyclic) bond motifs is 2. The number of anilines is 1. The van der Waals surface area contributed by atoms with Crippen molar-refractivity contribution in [1.29, 1.82) is 0 Å². The lowest BCUT2D eigenvalue weighted by atomic mass is 10.0. The van der Waals surface area contributed by atoms with Gasteiger partial charge in [0, 0.05) is 12.2 Å². The number of hydrogen-bond donors (Lipinski definition) is 0. The first-order valence-corrected chi connectivity index (χ1v) is 8.16. The Labute approximate surface area is 157 Å². The summed E-state index contributed by atoms with van der Waals surface area (Å²) in [6.45, 7) is 4.44. The van der Waals surface area contributed by atoms with Crippen molar-refractivity contribution in [3.63, 3.8) is 0 Å². The molecule has 1 aliphatic rings. The summed E-state index contributed by atoms with van der Waals surface area (Å²) in [4.78, 5) is 2.56. The van der Waals surface area contributed by atoms with Crippen molar-refractivity contribution < 1.29 is 28.5 Å². The second-order valence-corrected chi connectivity index (χ2v) is 7.42. The third-order valence-corrected chi connectivity index (χ3v) is 5.00. The first-order valence-electron chi connectivity index (χ1n) is 8.16. The Hall–Kier alpha value is -1.07. The van der Waals surface area contributed by atoms with Gasteiger partial charge in [-0.05, 0) is 36.1 Å². The van der Waals surface area contributed by atoms with Crippen molar-refractivity contribution in [1.82, 2.24) is 0 Å². The number of rotatable bonds is 3. The van der Waals surface area contributed by atoms with Crippen LogP contribution in [-0.2, 0) is 13.0 Å². The molecular formula is C20H27IN2. The largest absolute Gasteiger partial charge is 1.00 e. The van der Waals surface area contributed by atoms with Gasteiger partial charge < -0.3 is 33.4 Å². The fourth-order valence-electron chi connectivity index (χ4n) is 3.08. The molecule has 0 radical (unpaired) electrons. The molecule has 0 spiro atoms. The molecule has 0 amide bonds. The van der Waals surface area contributed by atoms with Crippen LogP contribution < -0.4 is 28.9 Å². The summed E-state index contributed by atoms with van der Waals surface area (Å²) < 4.78 is 0.986. The minimum atomic E-state index is 0. The van der Waals surface area contributed by atoms with Crippen molar-refractivity contribution in [2.75, 3.05) is 32.6 Å². The van der Waals surface area contributed by atoms with Crippen LogP contribution in [0.4, 0.5) is 5.69 Å². The van der Waals surface area contributed by atoms with Crippen LogP contribution in [0.2, 0.25) is 0 Å². The molecule has 2 aromatic rings. The molecule has 0 fully saturated rings. The third-order valence-electron chi connectivity index (χ3n) is 5.00. The Morgan fingerprint density at radius 1 is 0.913 bits per heavy atom. The SMILES string of the molecule is CC(CN1Cc2ccccc2Cc2ccccc21)[N+](C)(C)C.[I-]. The van der Waals surface area contributed by atoms with Crippen LogP contribution in [-0.4, -0.2) is 38.2 Å². The zero-order valence-corrected chi connectivity index (χ0v) is 16.7. The number of nitrogens with zero attached hydrogens (tertiary/aromatic N) is 2. The van der Waals surface area contributed by atoms with Gasteiger partial charge in [0.25, 0.3) is 0 Å². The van der Waals surface area contributed by atoms with E-state index in [0.29, 0.717) is 6.04 Å². The fraction of sp³-hybridized carbons (Fsp3) is 0.400. The maximum absolute atomic E-state index is 2.56. The average molecular weight is 422 g/mol. The van der Waals surface area contributed by atoms with E-state index in [0.717, 1.165) is 24.0 Å². The van der Waals surface area contributed by atoms with E-state index < -0.39 is 0 Å². The van der Waals surface area contributed by atoms with Crippen molar-refractivity contribution in [2.24, 2.45) is 0 Å². The monoisotopic (exact) mass is 422 g/mol. The van der Waals surface area contributed by atoms with E-state index in [1.807, 2.05) is 0 Å². The summed E-state index contributed by atoms with van der Waals surface area (Å²) in [7, 11) is 6.84. The maximum atomic E-state index is 2.56. The maximum Gasteiger partial charge on any atom is 0.103 e. The highest BCUT2D eigenvalue weighted by atomic mass is 127. The van der Waals surface area contributed by atoms with Gasteiger partial charge in [-0.15, -0.1) is 0 Å². The second-order valence-electron chi connectivity index (χ2n) is 7.42. The van der Waals surface area contributed by atoms with Gasteiger partial charge in [0.2, 0.25) is 0 Å². The van der Waals surface area contributed by atoms with E-state index in [-0.39, 0.29) is 24.0 Å². The Morgan fingerprint density at radius 3 is 2.13 bits per heavy atom. The molecule has 1 aliphatic heterocycles. The Balaban J connectivity index is 0.00000192. The van der Waals surface area contributed by atoms with Gasteiger partial charge in [0.05, 0.1) is 27.7 Å². The molecule has 1 atom stereocenters. The van der Waals surface area contributed by atoms with Gasteiger partial charge in [-0.25, -0.2) is 0 Å². The standard InChI is InChI=1S/C20H27N2.HI/c1-16(22(2,3)4)14-21-15-19-11-6-5-9-17(19)13-18-10-7-8-12-20(18)21;/h5-12,16H,13-15H2,1-4H3;1H/q+1;/p-1. The predicted octanol–water partition coefficient (Wildman–Crippen LogP) is 0.696. The van der Waals surface area contributed by atoms with Crippen LogP contribution in [0.25, 0.3) is 0 Å². The smallest absolute Gasteiger partial charge is 0.103 e. The molecule has 3 heteroatoms. The van der Waals surface area contributed by atoms with E-state index in [9.17, 15) is 0 Å². The molecule has 23 heavy (non-hydrogen) atoms. The van der Waals surface area contributed by atoms with Crippen molar-refractivity contribution in [3.8, 4) is 0 Å². The molecule has 1 unspecified atom stereocenters. The summed E-state index contributed by atoms with van der Waals surface area (Å²) in [6, 6.07) is 18.3. The van der Waals surface area contributed by atoms with Crippen LogP contribution >= 0.6 is 0 Å². The van der Waals surface area contributed by atoms with Gasteiger partial charge in [0.15, 0.2) is 0 Å². The fourth-order valence-corrected chi connectivity index (χ4v) is 3.08. The first kappa shape index (κ1) is 18.3. The second kappa shape index (κ2) is 7.22. The molecule has 0 bridgehead atoms. The lowest BCUT2D eigenvalue weighted by Gasteiger charge is -2.36. The summed E-state index contributed by atoms with van der Waals surface area (Å²) in [5, 5.41) is 0. The van der Waals surface area contributed by atoms with Crippen LogP contribution in [0.15, 0.2) is 48.5 Å². The molecule has 3 rings (SSSR count). The number of para-hydroxylation sites is 1. The first-order chi connectivity index (χ1) is 10.4. The van der Waals surface area contributed by atoms with E-state index in [4.69, 9.17) is 0 Å². The summed E-state index contributed by atoms with van der Waals surface area (Å²) in [5.74, 6) is 0. The van der Waals surface area contributed by atoms with Gasteiger partial charge in [-0.1, -0.05) is 42.5 Å². The number of halogens is 1. The number of hydrogen-bond acceptors (Lipinski definition) is 1. The van der Waals surface area contributed by atoms with E-state index in [1.54, 1.807) is 0 Å². The average Bonchev–Trinajstić information content (AvgIpc) is 2.63. The predicted molar refractivity (Wildman–Crippen MR) is 94.2 cm³/mol. The summed E-state index contributed by atoms with van der Waals surface area (Å²) >= 11 is 0. The molecule has 2 aromatic carbocycles. The molecule has 1 heterocycles. The quantitative estimate of drug-likeness (QED) is 0.520. The van der Waals surface area contributed by atoms with E-state index >= 15 is 0 Å². The third kappa shape index (κ3) is 4.07. The summed E-state index contributed by atoms with van der Waals surface area (Å²) in [5.41, 5.74) is 5.78. The van der Waals surface area contributed by atoms with Crippen molar-refractivity contribution in [3.05, 3.63) is 65.2 Å². The van der Waals surface area contributed by atoms with Gasteiger partial charge in [-0.2, -0.15) is 0 Å².